The Morgan fingerprint density at radius 2 is 2.38 bits per heavy atom. The third-order valence-electron chi connectivity index (χ3n) is 3.31. The number of nitrogens with one attached hydrogen (secondary N) is 1. The molecule has 0 aromatic carbocycles. The maximum absolute atomic E-state index is 9.33. The molecule has 0 unspecified atom stereocenters. The molecule has 0 atom stereocenters. The minimum absolute atomic E-state index is 0.0686. The smallest absolute Gasteiger partial charge is 0.217 e. The van der Waals surface area contributed by atoms with Gasteiger partial charge in [0.15, 0.2) is 0 Å². The summed E-state index contributed by atoms with van der Waals surface area (Å²) in [6.45, 7) is 0.896. The molecular weight excluding hydrogens is 204 g/mol. The predicted molar refractivity (Wildman–Crippen MR) is 61.3 cm³/mol. The number of aliphatic hydroxyl groups is 1. The first-order valence-electron chi connectivity index (χ1n) is 5.63. The van der Waals surface area contributed by atoms with Crippen molar-refractivity contribution in [2.24, 2.45) is 0 Å². The Bertz CT molecular complexity index is 345. The summed E-state index contributed by atoms with van der Waals surface area (Å²) >= 11 is 0. The first kappa shape index (κ1) is 11.4. The van der Waals surface area contributed by atoms with E-state index in [1.165, 1.54) is 6.42 Å². The van der Waals surface area contributed by atoms with E-state index in [9.17, 15) is 5.11 Å². The van der Waals surface area contributed by atoms with Crippen LogP contribution in [-0.4, -0.2) is 29.3 Å². The molecule has 1 saturated carbocycles. The summed E-state index contributed by atoms with van der Waals surface area (Å²) in [5, 5.41) is 12.7. The number of ether oxygens (including phenoxy) is 1. The fourth-order valence-electron chi connectivity index (χ4n) is 2.02. The van der Waals surface area contributed by atoms with Crippen LogP contribution in [0, 0.1) is 0 Å². The van der Waals surface area contributed by atoms with Crippen molar-refractivity contribution in [1.29, 1.82) is 0 Å². The third kappa shape index (κ3) is 2.18. The minimum atomic E-state index is -0.0686. The average Bonchev–Trinajstić information content (AvgIpc) is 2.29. The van der Waals surface area contributed by atoms with E-state index in [4.69, 9.17) is 4.74 Å². The van der Waals surface area contributed by atoms with Gasteiger partial charge in [0, 0.05) is 23.8 Å². The molecule has 0 saturated heterocycles. The minimum Gasteiger partial charge on any atom is -0.481 e. The van der Waals surface area contributed by atoms with Crippen LogP contribution in [0.4, 0.5) is 0 Å². The van der Waals surface area contributed by atoms with E-state index < -0.39 is 0 Å². The normalized spacial score (nSPS) is 17.9. The molecule has 0 amide bonds. The average molecular weight is 222 g/mol. The third-order valence-corrected chi connectivity index (χ3v) is 3.31. The van der Waals surface area contributed by atoms with E-state index in [0.29, 0.717) is 12.4 Å². The molecule has 1 aromatic heterocycles. The maximum Gasteiger partial charge on any atom is 0.217 e. The number of hydrogen-bond acceptors (Lipinski definition) is 4. The zero-order valence-corrected chi connectivity index (χ0v) is 9.57. The van der Waals surface area contributed by atoms with Crippen LogP contribution >= 0.6 is 0 Å². The Kier molecular flexibility index (Phi) is 3.41. The van der Waals surface area contributed by atoms with Crippen LogP contribution in [-0.2, 0) is 6.54 Å². The van der Waals surface area contributed by atoms with Crippen LogP contribution in [0.15, 0.2) is 18.3 Å². The van der Waals surface area contributed by atoms with E-state index in [0.717, 1.165) is 18.4 Å². The molecule has 4 nitrogen and oxygen atoms in total. The van der Waals surface area contributed by atoms with Gasteiger partial charge in [-0.1, -0.05) is 6.07 Å². The Labute approximate surface area is 95.7 Å². The van der Waals surface area contributed by atoms with Gasteiger partial charge < -0.3 is 15.2 Å². The van der Waals surface area contributed by atoms with Gasteiger partial charge in [-0.25, -0.2) is 4.98 Å². The fraction of sp³-hybridized carbons (Fsp3) is 0.583. The lowest BCUT2D eigenvalue weighted by atomic mass is 9.77. The highest BCUT2D eigenvalue weighted by atomic mass is 16.5. The molecule has 2 rings (SSSR count). The molecule has 1 aliphatic carbocycles. The van der Waals surface area contributed by atoms with Crippen molar-refractivity contribution in [3.8, 4) is 5.88 Å². The first-order valence-corrected chi connectivity index (χ1v) is 5.63. The standard InChI is InChI=1S/C12H18N2O2/c1-16-11-10(4-2-7-13-11)8-14-12(9-15)5-3-6-12/h2,4,7,14-15H,3,5-6,8-9H2,1H3. The highest BCUT2D eigenvalue weighted by molar-refractivity contribution is 5.25. The van der Waals surface area contributed by atoms with Crippen molar-refractivity contribution in [1.82, 2.24) is 10.3 Å². The van der Waals surface area contributed by atoms with E-state index >= 15 is 0 Å². The maximum atomic E-state index is 9.33. The molecule has 0 aliphatic heterocycles. The van der Waals surface area contributed by atoms with E-state index in [2.05, 4.69) is 10.3 Å². The number of nitrogens with zero attached hydrogens (tertiary/aromatic N) is 1. The fourth-order valence-corrected chi connectivity index (χ4v) is 2.02. The number of pyridine rings is 1. The van der Waals surface area contributed by atoms with Gasteiger partial charge in [-0.3, -0.25) is 0 Å². The Morgan fingerprint density at radius 3 is 2.94 bits per heavy atom. The molecule has 2 N–H and O–H groups in total. The molecule has 1 heterocycles. The van der Waals surface area contributed by atoms with Gasteiger partial charge in [0.1, 0.15) is 0 Å². The molecule has 0 radical (unpaired) electrons. The van der Waals surface area contributed by atoms with Crippen LogP contribution in [0.1, 0.15) is 24.8 Å². The SMILES string of the molecule is COc1ncccc1CNC1(CO)CCC1. The van der Waals surface area contributed by atoms with Crippen molar-refractivity contribution in [2.45, 2.75) is 31.3 Å². The summed E-state index contributed by atoms with van der Waals surface area (Å²) in [5.74, 6) is 0.655. The Balaban J connectivity index is 1.98. The summed E-state index contributed by atoms with van der Waals surface area (Å²) in [4.78, 5) is 4.14. The second-order valence-corrected chi connectivity index (χ2v) is 4.32. The molecule has 1 fully saturated rings. The summed E-state index contributed by atoms with van der Waals surface area (Å²) in [5.41, 5.74) is 0.964. The van der Waals surface area contributed by atoms with Gasteiger partial charge in [0.2, 0.25) is 5.88 Å². The van der Waals surface area contributed by atoms with Crippen LogP contribution in [0.25, 0.3) is 0 Å². The number of methoxy groups -OCH3 is 1. The zero-order valence-electron chi connectivity index (χ0n) is 9.57. The Hall–Kier alpha value is -1.13. The van der Waals surface area contributed by atoms with Gasteiger partial charge in [-0.05, 0) is 25.3 Å². The summed E-state index contributed by atoms with van der Waals surface area (Å²) in [6, 6.07) is 3.88. The van der Waals surface area contributed by atoms with Crippen molar-refractivity contribution in [2.75, 3.05) is 13.7 Å². The van der Waals surface area contributed by atoms with Crippen molar-refractivity contribution >= 4 is 0 Å². The van der Waals surface area contributed by atoms with Gasteiger partial charge in [-0.15, -0.1) is 0 Å². The predicted octanol–water partition coefficient (Wildman–Crippen LogP) is 1.09. The quantitative estimate of drug-likeness (QED) is 0.783. The highest BCUT2D eigenvalue weighted by Crippen LogP contribution is 2.31. The lowest BCUT2D eigenvalue weighted by Crippen LogP contribution is -2.53. The van der Waals surface area contributed by atoms with Crippen LogP contribution in [0.5, 0.6) is 5.88 Å². The van der Waals surface area contributed by atoms with Crippen molar-refractivity contribution < 1.29 is 9.84 Å². The number of rotatable bonds is 5. The molecule has 88 valence electrons. The molecule has 1 aromatic rings. The van der Waals surface area contributed by atoms with E-state index in [1.54, 1.807) is 13.3 Å². The molecular formula is C12H18N2O2. The van der Waals surface area contributed by atoms with E-state index in [1.807, 2.05) is 12.1 Å². The number of aliphatic hydroxyl groups excluding tert-OH is 1. The largest absolute Gasteiger partial charge is 0.481 e. The monoisotopic (exact) mass is 222 g/mol. The highest BCUT2D eigenvalue weighted by Gasteiger charge is 2.35. The Morgan fingerprint density at radius 1 is 1.56 bits per heavy atom. The van der Waals surface area contributed by atoms with Crippen molar-refractivity contribution in [3.05, 3.63) is 23.9 Å². The summed E-state index contributed by atoms with van der Waals surface area (Å²) in [6.07, 6.45) is 5.00. The van der Waals surface area contributed by atoms with Gasteiger partial charge >= 0.3 is 0 Å². The molecule has 16 heavy (non-hydrogen) atoms. The lowest BCUT2D eigenvalue weighted by molar-refractivity contribution is 0.0869. The second kappa shape index (κ2) is 4.80. The second-order valence-electron chi connectivity index (χ2n) is 4.32. The van der Waals surface area contributed by atoms with E-state index in [-0.39, 0.29) is 12.1 Å². The summed E-state index contributed by atoms with van der Waals surface area (Å²) in [7, 11) is 1.62. The molecule has 4 heteroatoms. The van der Waals surface area contributed by atoms with Crippen molar-refractivity contribution in [3.63, 3.8) is 0 Å². The zero-order chi connectivity index (χ0) is 11.4. The van der Waals surface area contributed by atoms with Crippen LogP contribution in [0.3, 0.4) is 0 Å². The van der Waals surface area contributed by atoms with Gasteiger partial charge in [0.25, 0.3) is 0 Å². The van der Waals surface area contributed by atoms with Gasteiger partial charge in [0.05, 0.1) is 13.7 Å². The van der Waals surface area contributed by atoms with Crippen LogP contribution in [0.2, 0.25) is 0 Å². The number of aromatic nitrogens is 1. The summed E-state index contributed by atoms with van der Waals surface area (Å²) < 4.78 is 5.18. The van der Waals surface area contributed by atoms with Crippen LogP contribution < -0.4 is 10.1 Å². The topological polar surface area (TPSA) is 54.4 Å². The first-order chi connectivity index (χ1) is 7.79. The molecule has 0 spiro atoms. The molecule has 0 bridgehead atoms. The van der Waals surface area contributed by atoms with Gasteiger partial charge in [-0.2, -0.15) is 0 Å². The molecule has 1 aliphatic rings. The lowest BCUT2D eigenvalue weighted by Gasteiger charge is -2.41. The number of hydrogen-bond donors (Lipinski definition) is 2.